The van der Waals surface area contributed by atoms with Gasteiger partial charge in [0.2, 0.25) is 20.9 Å². The first kappa shape index (κ1) is 24.7. The molecule has 2 aromatic rings. The van der Waals surface area contributed by atoms with E-state index in [-0.39, 0.29) is 39.0 Å². The van der Waals surface area contributed by atoms with E-state index in [9.17, 15) is 22.9 Å². The maximum Gasteiger partial charge on any atom is 0.247 e. The van der Waals surface area contributed by atoms with Gasteiger partial charge in [-0.2, -0.15) is 5.26 Å². The molecule has 1 radical (unpaired) electrons. The third-order valence-corrected chi connectivity index (χ3v) is 14.4. The van der Waals surface area contributed by atoms with Crippen molar-refractivity contribution in [3.63, 3.8) is 0 Å². The zero-order valence-corrected chi connectivity index (χ0v) is 21.9. The molecule has 4 aliphatic rings. The fourth-order valence-corrected chi connectivity index (χ4v) is 12.0. The van der Waals surface area contributed by atoms with Gasteiger partial charge in [0, 0.05) is 30.6 Å². The largest absolute Gasteiger partial charge is 0.377 e. The SMILES string of the molecule is N#CC1(C(=O)N2CC3(CC3)[Si](NS(=O)(=O)C3(F)CC3)[C@@H]2Cc2cccc(-c3ccccc3)c2F)COC1. The Morgan fingerprint density at radius 2 is 1.84 bits per heavy atom. The van der Waals surface area contributed by atoms with Gasteiger partial charge in [-0.05, 0) is 35.4 Å². The number of benzene rings is 2. The molecule has 193 valence electrons. The van der Waals surface area contributed by atoms with Crippen LogP contribution in [0.4, 0.5) is 8.78 Å². The second-order valence-electron chi connectivity index (χ2n) is 10.7. The first-order valence-electron chi connectivity index (χ1n) is 12.4. The molecular formula is C26H26F2N3O4SSi. The minimum atomic E-state index is -4.26. The Hall–Kier alpha value is -2.65. The lowest BCUT2D eigenvalue weighted by atomic mass is 9.86. The van der Waals surface area contributed by atoms with Crippen LogP contribution in [0, 0.1) is 22.6 Å². The van der Waals surface area contributed by atoms with Gasteiger partial charge < -0.3 is 9.64 Å². The van der Waals surface area contributed by atoms with E-state index in [0.29, 0.717) is 29.5 Å². The summed E-state index contributed by atoms with van der Waals surface area (Å²) in [5.74, 6) is -0.856. The van der Waals surface area contributed by atoms with Gasteiger partial charge in [-0.3, -0.25) is 4.79 Å². The van der Waals surface area contributed by atoms with Gasteiger partial charge in [0.1, 0.15) is 5.82 Å². The average molecular weight is 543 g/mol. The van der Waals surface area contributed by atoms with Crippen molar-refractivity contribution in [3.05, 3.63) is 59.9 Å². The zero-order chi connectivity index (χ0) is 26.1. The number of hydrogen-bond acceptors (Lipinski definition) is 5. The predicted octanol–water partition coefficient (Wildman–Crippen LogP) is 3.23. The van der Waals surface area contributed by atoms with Crippen molar-refractivity contribution in [2.24, 2.45) is 5.41 Å². The molecule has 1 atom stereocenters. The maximum atomic E-state index is 15.8. The number of carbonyl (C=O) groups excluding carboxylic acids is 1. The molecule has 7 nitrogen and oxygen atoms in total. The number of alkyl halides is 1. The van der Waals surface area contributed by atoms with Crippen molar-refractivity contribution in [1.82, 2.24) is 9.29 Å². The van der Waals surface area contributed by atoms with E-state index in [1.54, 1.807) is 35.2 Å². The summed E-state index contributed by atoms with van der Waals surface area (Å²) in [5.41, 5.74) is -0.545. The molecule has 11 heteroatoms. The van der Waals surface area contributed by atoms with Gasteiger partial charge >= 0.3 is 0 Å². The first-order chi connectivity index (χ1) is 17.6. The molecule has 2 aliphatic heterocycles. The zero-order valence-electron chi connectivity index (χ0n) is 20.0. The summed E-state index contributed by atoms with van der Waals surface area (Å²) in [5, 5.41) is 7.03. The molecule has 0 unspecified atom stereocenters. The number of sulfonamides is 1. The summed E-state index contributed by atoms with van der Waals surface area (Å²) in [7, 11) is -6.40. The number of ether oxygens (including phenoxy) is 1. The number of rotatable bonds is 7. The van der Waals surface area contributed by atoms with Crippen LogP contribution in [0.15, 0.2) is 48.5 Å². The number of nitrogens with zero attached hydrogens (tertiary/aromatic N) is 2. The Morgan fingerprint density at radius 3 is 2.41 bits per heavy atom. The van der Waals surface area contributed by atoms with Crippen LogP contribution in [0.1, 0.15) is 31.2 Å². The third-order valence-electron chi connectivity index (χ3n) is 8.13. The quantitative estimate of drug-likeness (QED) is 0.542. The van der Waals surface area contributed by atoms with Gasteiger partial charge in [-0.25, -0.2) is 21.6 Å². The standard InChI is InChI=1S/C26H26F2N3O4SSi/c27-22-19(7-4-8-20(22)18-5-2-1-3-6-18)13-21-31(23(32)24(14-29)16-35-17-24)15-25(9-10-25)37(21)30-36(33,34)26(28)11-12-26/h1-8,21,30H,9-13,15-17H2/t21-/m1/s1. The molecule has 6 rings (SSSR count). The molecule has 2 saturated carbocycles. The summed E-state index contributed by atoms with van der Waals surface area (Å²) in [6.07, 6.45) is 1.36. The van der Waals surface area contributed by atoms with E-state index in [1.165, 1.54) is 0 Å². The van der Waals surface area contributed by atoms with Gasteiger partial charge in [-0.15, -0.1) is 0 Å². The molecule has 2 aliphatic carbocycles. The van der Waals surface area contributed by atoms with E-state index in [2.05, 4.69) is 10.5 Å². The highest BCUT2D eigenvalue weighted by Gasteiger charge is 2.67. The summed E-state index contributed by atoms with van der Waals surface area (Å²) in [6, 6.07) is 16.2. The minimum absolute atomic E-state index is 0.0300. The van der Waals surface area contributed by atoms with Crippen molar-refractivity contribution >= 4 is 24.9 Å². The van der Waals surface area contributed by atoms with Crippen LogP contribution < -0.4 is 4.39 Å². The molecule has 0 aromatic heterocycles. The molecule has 4 fully saturated rings. The average Bonchev–Trinajstić information content (AvgIpc) is 3.78. The molecule has 2 aromatic carbocycles. The molecule has 1 amide bonds. The number of carbonyl (C=O) groups is 1. The summed E-state index contributed by atoms with van der Waals surface area (Å²) in [6.45, 7) is 0.214. The van der Waals surface area contributed by atoms with Gasteiger partial charge in [0.15, 0.2) is 14.4 Å². The van der Waals surface area contributed by atoms with Crippen LogP contribution in [0.5, 0.6) is 0 Å². The Labute approximate surface area is 216 Å². The van der Waals surface area contributed by atoms with Gasteiger partial charge in [0.05, 0.1) is 19.3 Å². The Morgan fingerprint density at radius 1 is 1.14 bits per heavy atom. The Kier molecular flexibility index (Phi) is 5.62. The predicted molar refractivity (Wildman–Crippen MR) is 133 cm³/mol. The van der Waals surface area contributed by atoms with E-state index in [0.717, 1.165) is 0 Å². The molecular weight excluding hydrogens is 516 g/mol. The molecule has 37 heavy (non-hydrogen) atoms. The van der Waals surface area contributed by atoms with Crippen LogP contribution in [0.2, 0.25) is 5.04 Å². The monoisotopic (exact) mass is 542 g/mol. The van der Waals surface area contributed by atoms with E-state index in [4.69, 9.17) is 4.74 Å². The van der Waals surface area contributed by atoms with Crippen molar-refractivity contribution in [2.75, 3.05) is 19.8 Å². The van der Waals surface area contributed by atoms with Crippen LogP contribution in [0.3, 0.4) is 0 Å². The lowest BCUT2D eigenvalue weighted by Gasteiger charge is -2.39. The molecule has 2 saturated heterocycles. The fourth-order valence-electron chi connectivity index (χ4n) is 5.42. The van der Waals surface area contributed by atoms with Crippen LogP contribution in [0.25, 0.3) is 11.1 Å². The van der Waals surface area contributed by atoms with Crippen molar-refractivity contribution < 1.29 is 26.7 Å². The molecule has 1 N–H and O–H groups in total. The lowest BCUT2D eigenvalue weighted by molar-refractivity contribution is -0.161. The Balaban J connectivity index is 1.39. The van der Waals surface area contributed by atoms with Crippen LogP contribution in [-0.4, -0.2) is 58.6 Å². The molecule has 2 heterocycles. The van der Waals surface area contributed by atoms with Gasteiger partial charge in [0.25, 0.3) is 0 Å². The van der Waals surface area contributed by atoms with Gasteiger partial charge in [-0.1, -0.05) is 48.5 Å². The van der Waals surface area contributed by atoms with Crippen molar-refractivity contribution in [3.8, 4) is 17.2 Å². The topological polar surface area (TPSA) is 99.5 Å². The van der Waals surface area contributed by atoms with Crippen molar-refractivity contribution in [2.45, 2.75) is 47.8 Å². The second kappa shape index (κ2) is 8.43. The van der Waals surface area contributed by atoms with E-state index >= 15 is 4.39 Å². The second-order valence-corrected chi connectivity index (χ2v) is 15.8. The smallest absolute Gasteiger partial charge is 0.247 e. The third kappa shape index (κ3) is 3.93. The van der Waals surface area contributed by atoms with Crippen molar-refractivity contribution in [1.29, 1.82) is 5.26 Å². The minimum Gasteiger partial charge on any atom is -0.377 e. The fraction of sp³-hybridized carbons (Fsp3) is 0.462. The first-order valence-corrected chi connectivity index (χ1v) is 15.4. The molecule has 0 bridgehead atoms. The highest BCUT2D eigenvalue weighted by atomic mass is 32.2. The number of amides is 1. The molecule has 1 spiro atoms. The highest BCUT2D eigenvalue weighted by Crippen LogP contribution is 2.62. The highest BCUT2D eigenvalue weighted by molar-refractivity contribution is 7.92. The van der Waals surface area contributed by atoms with Crippen LogP contribution >= 0.6 is 0 Å². The number of halogens is 2. The summed E-state index contributed by atoms with van der Waals surface area (Å²) >= 11 is 0. The lowest BCUT2D eigenvalue weighted by Crippen LogP contribution is -2.59. The summed E-state index contributed by atoms with van der Waals surface area (Å²) < 4.78 is 64.5. The number of nitrogens with one attached hydrogen (secondary N) is 1. The summed E-state index contributed by atoms with van der Waals surface area (Å²) in [4.78, 5) is 15.3. The van der Waals surface area contributed by atoms with E-state index < -0.39 is 51.8 Å². The van der Waals surface area contributed by atoms with E-state index in [1.807, 2.05) is 18.2 Å². The normalized spacial score (nSPS) is 24.9. The van der Waals surface area contributed by atoms with Crippen LogP contribution in [-0.2, 0) is 26.0 Å². The number of hydrogen-bond donors (Lipinski definition) is 1. The number of nitriles is 1. The Bertz CT molecular complexity index is 1400. The maximum absolute atomic E-state index is 15.8.